The number of halogens is 1. The van der Waals surface area contributed by atoms with Crippen LogP contribution < -0.4 is 0 Å². The molecule has 0 aromatic carbocycles. The average molecular weight is 240 g/mol. The van der Waals surface area contributed by atoms with Crippen molar-refractivity contribution in [3.8, 4) is 0 Å². The standard InChI is InChI=1S/C11H14ClN3O/c1-2-7-15(8-3-4-8)11(16)9-5-6-10(12)14-13-9/h5-6,8H,2-4,7H2,1H3. The largest absolute Gasteiger partial charge is 0.334 e. The van der Waals surface area contributed by atoms with E-state index in [1.165, 1.54) is 0 Å². The van der Waals surface area contributed by atoms with Crippen LogP contribution in [0, 0.1) is 0 Å². The highest BCUT2D eigenvalue weighted by Gasteiger charge is 2.32. The normalized spacial score (nSPS) is 14.9. The predicted molar refractivity (Wildman–Crippen MR) is 61.4 cm³/mol. The highest BCUT2D eigenvalue weighted by atomic mass is 35.5. The van der Waals surface area contributed by atoms with Crippen molar-refractivity contribution in [1.29, 1.82) is 0 Å². The van der Waals surface area contributed by atoms with Gasteiger partial charge < -0.3 is 4.90 Å². The molecule has 0 saturated heterocycles. The van der Waals surface area contributed by atoms with E-state index in [9.17, 15) is 4.79 Å². The minimum atomic E-state index is -0.0338. The van der Waals surface area contributed by atoms with Crippen molar-refractivity contribution in [3.63, 3.8) is 0 Å². The molecule has 1 fully saturated rings. The molecule has 86 valence electrons. The van der Waals surface area contributed by atoms with Crippen LogP contribution in [-0.2, 0) is 0 Å². The third-order valence-corrected chi connectivity index (χ3v) is 2.77. The van der Waals surface area contributed by atoms with Gasteiger partial charge in [-0.25, -0.2) is 0 Å². The number of amides is 1. The van der Waals surface area contributed by atoms with Crippen molar-refractivity contribution < 1.29 is 4.79 Å². The SMILES string of the molecule is CCCN(C(=O)c1ccc(Cl)nn1)C1CC1. The Morgan fingerprint density at radius 1 is 1.50 bits per heavy atom. The third-order valence-electron chi connectivity index (χ3n) is 2.56. The van der Waals surface area contributed by atoms with E-state index in [4.69, 9.17) is 11.6 Å². The van der Waals surface area contributed by atoms with E-state index >= 15 is 0 Å². The molecule has 4 nitrogen and oxygen atoms in total. The molecule has 0 unspecified atom stereocenters. The number of nitrogens with zero attached hydrogens (tertiary/aromatic N) is 3. The second-order valence-electron chi connectivity index (χ2n) is 3.97. The first-order valence-corrected chi connectivity index (χ1v) is 5.90. The van der Waals surface area contributed by atoms with Gasteiger partial charge in [0.2, 0.25) is 0 Å². The summed E-state index contributed by atoms with van der Waals surface area (Å²) in [5.74, 6) is -0.0338. The van der Waals surface area contributed by atoms with Gasteiger partial charge in [-0.15, -0.1) is 10.2 Å². The Bertz CT molecular complexity index is 375. The number of rotatable bonds is 4. The highest BCUT2D eigenvalue weighted by Crippen LogP contribution is 2.28. The zero-order valence-electron chi connectivity index (χ0n) is 9.19. The molecule has 16 heavy (non-hydrogen) atoms. The van der Waals surface area contributed by atoms with Gasteiger partial charge in [-0.2, -0.15) is 0 Å². The van der Waals surface area contributed by atoms with Gasteiger partial charge in [-0.1, -0.05) is 18.5 Å². The molecule has 2 rings (SSSR count). The van der Waals surface area contributed by atoms with Crippen LogP contribution in [-0.4, -0.2) is 33.6 Å². The molecular formula is C11H14ClN3O. The molecule has 5 heteroatoms. The van der Waals surface area contributed by atoms with Crippen LogP contribution >= 0.6 is 11.6 Å². The number of aromatic nitrogens is 2. The minimum Gasteiger partial charge on any atom is -0.334 e. The molecular weight excluding hydrogens is 226 g/mol. The Morgan fingerprint density at radius 3 is 2.75 bits per heavy atom. The smallest absolute Gasteiger partial charge is 0.274 e. The fourth-order valence-corrected chi connectivity index (χ4v) is 1.76. The van der Waals surface area contributed by atoms with Crippen molar-refractivity contribution in [2.75, 3.05) is 6.54 Å². The summed E-state index contributed by atoms with van der Waals surface area (Å²) in [6.45, 7) is 2.85. The third kappa shape index (κ3) is 2.50. The van der Waals surface area contributed by atoms with E-state index in [1.54, 1.807) is 12.1 Å². The van der Waals surface area contributed by atoms with Crippen molar-refractivity contribution in [1.82, 2.24) is 15.1 Å². The first kappa shape index (κ1) is 11.3. The molecule has 1 aliphatic rings. The molecule has 1 aromatic heterocycles. The summed E-state index contributed by atoms with van der Waals surface area (Å²) >= 11 is 5.63. The quantitative estimate of drug-likeness (QED) is 0.809. The molecule has 1 aromatic rings. The van der Waals surface area contributed by atoms with Gasteiger partial charge in [0.05, 0.1) is 0 Å². The summed E-state index contributed by atoms with van der Waals surface area (Å²) in [6.07, 6.45) is 3.17. The van der Waals surface area contributed by atoms with Gasteiger partial charge in [-0.05, 0) is 31.4 Å². The lowest BCUT2D eigenvalue weighted by Gasteiger charge is -2.20. The monoisotopic (exact) mass is 239 g/mol. The Hall–Kier alpha value is -1.16. The highest BCUT2D eigenvalue weighted by molar-refractivity contribution is 6.29. The Morgan fingerprint density at radius 2 is 2.25 bits per heavy atom. The molecule has 1 heterocycles. The second kappa shape index (κ2) is 4.78. The number of carbonyl (C=O) groups is 1. The Kier molecular flexibility index (Phi) is 3.39. The number of hydrogen-bond acceptors (Lipinski definition) is 3. The van der Waals surface area contributed by atoms with Gasteiger partial charge in [-0.3, -0.25) is 4.79 Å². The van der Waals surface area contributed by atoms with Crippen LogP contribution in [0.4, 0.5) is 0 Å². The molecule has 0 spiro atoms. The molecule has 1 saturated carbocycles. The maximum atomic E-state index is 12.1. The van der Waals surface area contributed by atoms with Crippen LogP contribution in [0.15, 0.2) is 12.1 Å². The van der Waals surface area contributed by atoms with Crippen molar-refractivity contribution in [2.24, 2.45) is 0 Å². The van der Waals surface area contributed by atoms with E-state index in [0.717, 1.165) is 25.8 Å². The van der Waals surface area contributed by atoms with Crippen LogP contribution in [0.2, 0.25) is 5.15 Å². The summed E-state index contributed by atoms with van der Waals surface area (Å²) in [5.41, 5.74) is 0.379. The lowest BCUT2D eigenvalue weighted by Crippen LogP contribution is -2.34. The van der Waals surface area contributed by atoms with Crippen molar-refractivity contribution in [3.05, 3.63) is 23.0 Å². The molecule has 0 atom stereocenters. The molecule has 0 radical (unpaired) electrons. The van der Waals surface area contributed by atoms with Gasteiger partial charge in [0.25, 0.3) is 5.91 Å². The zero-order valence-corrected chi connectivity index (χ0v) is 9.94. The van der Waals surface area contributed by atoms with E-state index in [-0.39, 0.29) is 5.91 Å². The molecule has 0 bridgehead atoms. The summed E-state index contributed by atoms with van der Waals surface area (Å²) in [5, 5.41) is 7.82. The minimum absolute atomic E-state index is 0.0338. The summed E-state index contributed by atoms with van der Waals surface area (Å²) in [6, 6.07) is 3.63. The zero-order chi connectivity index (χ0) is 11.5. The average Bonchev–Trinajstić information content (AvgIpc) is 3.10. The molecule has 0 aliphatic heterocycles. The summed E-state index contributed by atoms with van der Waals surface area (Å²) < 4.78 is 0. The van der Waals surface area contributed by atoms with Crippen LogP contribution in [0.5, 0.6) is 0 Å². The Balaban J connectivity index is 2.12. The molecule has 1 amide bonds. The summed E-state index contributed by atoms with van der Waals surface area (Å²) in [7, 11) is 0. The van der Waals surface area contributed by atoms with E-state index < -0.39 is 0 Å². The summed E-state index contributed by atoms with van der Waals surface area (Å²) in [4.78, 5) is 14.0. The topological polar surface area (TPSA) is 46.1 Å². The van der Waals surface area contributed by atoms with E-state index in [2.05, 4.69) is 17.1 Å². The van der Waals surface area contributed by atoms with Crippen molar-refractivity contribution in [2.45, 2.75) is 32.2 Å². The number of hydrogen-bond donors (Lipinski definition) is 0. The fourth-order valence-electron chi connectivity index (χ4n) is 1.65. The van der Waals surface area contributed by atoms with E-state index in [1.807, 2.05) is 4.90 Å². The van der Waals surface area contributed by atoms with Crippen LogP contribution in [0.25, 0.3) is 0 Å². The van der Waals surface area contributed by atoms with Gasteiger partial charge >= 0.3 is 0 Å². The first-order chi connectivity index (χ1) is 7.72. The van der Waals surface area contributed by atoms with Gasteiger partial charge in [0.1, 0.15) is 0 Å². The van der Waals surface area contributed by atoms with E-state index in [0.29, 0.717) is 16.9 Å². The molecule has 0 N–H and O–H groups in total. The maximum Gasteiger partial charge on any atom is 0.274 e. The predicted octanol–water partition coefficient (Wildman–Crippen LogP) is 2.14. The number of carbonyl (C=O) groups excluding carboxylic acids is 1. The molecule has 1 aliphatic carbocycles. The Labute approximate surface area is 99.6 Å². The van der Waals surface area contributed by atoms with Crippen molar-refractivity contribution >= 4 is 17.5 Å². The van der Waals surface area contributed by atoms with Crippen LogP contribution in [0.1, 0.15) is 36.7 Å². The maximum absolute atomic E-state index is 12.1. The van der Waals surface area contributed by atoms with Gasteiger partial charge in [0, 0.05) is 12.6 Å². The fraction of sp³-hybridized carbons (Fsp3) is 0.545. The lowest BCUT2D eigenvalue weighted by molar-refractivity contribution is 0.0736. The van der Waals surface area contributed by atoms with Gasteiger partial charge in [0.15, 0.2) is 10.8 Å². The second-order valence-corrected chi connectivity index (χ2v) is 4.36. The first-order valence-electron chi connectivity index (χ1n) is 5.52. The van der Waals surface area contributed by atoms with Crippen LogP contribution in [0.3, 0.4) is 0 Å². The lowest BCUT2D eigenvalue weighted by atomic mass is 10.3.